The number of benzene rings is 2. The maximum absolute atomic E-state index is 10.7. The van der Waals surface area contributed by atoms with Crippen molar-refractivity contribution in [3.05, 3.63) is 59.2 Å². The van der Waals surface area contributed by atoms with Crippen LogP contribution in [0, 0.1) is 13.8 Å². The second-order valence-electron chi connectivity index (χ2n) is 4.77. The Balaban J connectivity index is 1.79. The molecular formula is C17H18O4. The van der Waals surface area contributed by atoms with E-state index in [4.69, 9.17) is 14.6 Å². The average molecular weight is 286 g/mol. The molecule has 0 radical (unpaired) electrons. The molecule has 21 heavy (non-hydrogen) atoms. The van der Waals surface area contributed by atoms with Crippen molar-refractivity contribution in [1.29, 1.82) is 0 Å². The maximum Gasteiger partial charge on any atom is 0.335 e. The molecule has 1 N–H and O–H groups in total. The molecule has 4 nitrogen and oxygen atoms in total. The zero-order chi connectivity index (χ0) is 15.2. The van der Waals surface area contributed by atoms with Gasteiger partial charge in [0.15, 0.2) is 0 Å². The Kier molecular flexibility index (Phi) is 4.82. The number of carbonyl (C=O) groups is 1. The summed E-state index contributed by atoms with van der Waals surface area (Å²) in [5, 5.41) is 8.80. The van der Waals surface area contributed by atoms with Crippen LogP contribution in [-0.4, -0.2) is 24.3 Å². The van der Waals surface area contributed by atoms with E-state index >= 15 is 0 Å². The predicted molar refractivity (Wildman–Crippen MR) is 80.3 cm³/mol. The summed E-state index contributed by atoms with van der Waals surface area (Å²) < 4.78 is 11.1. The zero-order valence-corrected chi connectivity index (χ0v) is 12.1. The van der Waals surface area contributed by atoms with Crippen LogP contribution in [0.4, 0.5) is 0 Å². The van der Waals surface area contributed by atoms with Crippen LogP contribution in [0.1, 0.15) is 21.5 Å². The first-order valence-corrected chi connectivity index (χ1v) is 6.72. The molecule has 0 fully saturated rings. The van der Waals surface area contributed by atoms with E-state index in [1.807, 2.05) is 25.1 Å². The Morgan fingerprint density at radius 1 is 0.905 bits per heavy atom. The van der Waals surface area contributed by atoms with Gasteiger partial charge in [0.2, 0.25) is 0 Å². The lowest BCUT2D eigenvalue weighted by Crippen LogP contribution is -2.09. The lowest BCUT2D eigenvalue weighted by molar-refractivity contribution is 0.0697. The van der Waals surface area contributed by atoms with E-state index in [9.17, 15) is 4.79 Å². The maximum atomic E-state index is 10.7. The Hall–Kier alpha value is -2.49. The fourth-order valence-electron chi connectivity index (χ4n) is 1.82. The molecule has 0 spiro atoms. The van der Waals surface area contributed by atoms with Gasteiger partial charge in [-0.2, -0.15) is 0 Å². The normalized spacial score (nSPS) is 10.2. The number of ether oxygens (including phenoxy) is 2. The predicted octanol–water partition coefficient (Wildman–Crippen LogP) is 3.46. The van der Waals surface area contributed by atoms with E-state index in [1.54, 1.807) is 12.1 Å². The lowest BCUT2D eigenvalue weighted by atomic mass is 10.1. The molecule has 0 atom stereocenters. The largest absolute Gasteiger partial charge is 0.490 e. The summed E-state index contributed by atoms with van der Waals surface area (Å²) in [6.45, 7) is 4.94. The molecule has 0 aliphatic heterocycles. The standard InChI is InChI=1S/C17H18O4/c1-12-3-6-16(11-13(12)2)21-10-9-20-15-7-4-14(5-8-15)17(18)19/h3-8,11H,9-10H2,1-2H3,(H,18,19). The van der Waals surface area contributed by atoms with Gasteiger partial charge in [-0.15, -0.1) is 0 Å². The molecule has 0 amide bonds. The van der Waals surface area contributed by atoms with Gasteiger partial charge in [-0.1, -0.05) is 6.07 Å². The molecule has 0 aromatic heterocycles. The first-order valence-electron chi connectivity index (χ1n) is 6.72. The van der Waals surface area contributed by atoms with Gasteiger partial charge >= 0.3 is 5.97 Å². The molecule has 2 aromatic carbocycles. The van der Waals surface area contributed by atoms with Gasteiger partial charge in [0.25, 0.3) is 0 Å². The smallest absolute Gasteiger partial charge is 0.335 e. The van der Waals surface area contributed by atoms with Crippen LogP contribution < -0.4 is 9.47 Å². The quantitative estimate of drug-likeness (QED) is 0.826. The second-order valence-corrected chi connectivity index (χ2v) is 4.77. The summed E-state index contributed by atoms with van der Waals surface area (Å²) in [5.41, 5.74) is 2.67. The molecule has 0 saturated heterocycles. The highest BCUT2D eigenvalue weighted by Crippen LogP contribution is 2.16. The lowest BCUT2D eigenvalue weighted by Gasteiger charge is -2.10. The SMILES string of the molecule is Cc1ccc(OCCOc2ccc(C(=O)O)cc2)cc1C. The molecule has 2 rings (SSSR count). The van der Waals surface area contributed by atoms with Crippen LogP contribution in [0.2, 0.25) is 0 Å². The highest BCUT2D eigenvalue weighted by atomic mass is 16.5. The number of carboxylic acid groups (broad SMARTS) is 1. The molecule has 0 aliphatic rings. The highest BCUT2D eigenvalue weighted by Gasteiger charge is 2.02. The molecule has 0 saturated carbocycles. The van der Waals surface area contributed by atoms with Crippen molar-refractivity contribution >= 4 is 5.97 Å². The minimum Gasteiger partial charge on any atom is -0.490 e. The summed E-state index contributed by atoms with van der Waals surface area (Å²) in [5.74, 6) is 0.506. The summed E-state index contributed by atoms with van der Waals surface area (Å²) >= 11 is 0. The number of aromatic carboxylic acids is 1. The van der Waals surface area contributed by atoms with E-state index in [0.717, 1.165) is 5.75 Å². The molecule has 4 heteroatoms. The van der Waals surface area contributed by atoms with E-state index in [1.165, 1.54) is 23.3 Å². The molecule has 110 valence electrons. The summed E-state index contributed by atoms with van der Waals surface area (Å²) in [6.07, 6.45) is 0. The topological polar surface area (TPSA) is 55.8 Å². The van der Waals surface area contributed by atoms with Crippen molar-refractivity contribution in [1.82, 2.24) is 0 Å². The van der Waals surface area contributed by atoms with E-state index < -0.39 is 5.97 Å². The third-order valence-corrected chi connectivity index (χ3v) is 3.20. The fourth-order valence-corrected chi connectivity index (χ4v) is 1.82. The van der Waals surface area contributed by atoms with Crippen LogP contribution in [0.25, 0.3) is 0 Å². The fraction of sp³-hybridized carbons (Fsp3) is 0.235. The van der Waals surface area contributed by atoms with Gasteiger partial charge in [0, 0.05) is 0 Å². The molecule has 0 bridgehead atoms. The Morgan fingerprint density at radius 2 is 1.48 bits per heavy atom. The van der Waals surface area contributed by atoms with Crippen molar-refractivity contribution in [3.8, 4) is 11.5 Å². The molecule has 0 heterocycles. The van der Waals surface area contributed by atoms with Gasteiger partial charge in [-0.05, 0) is 61.4 Å². The molecule has 2 aromatic rings. The number of hydrogen-bond acceptors (Lipinski definition) is 3. The third-order valence-electron chi connectivity index (χ3n) is 3.20. The van der Waals surface area contributed by atoms with Crippen molar-refractivity contribution in [3.63, 3.8) is 0 Å². The second kappa shape index (κ2) is 6.79. The van der Waals surface area contributed by atoms with E-state index in [-0.39, 0.29) is 5.56 Å². The number of carboxylic acids is 1. The van der Waals surface area contributed by atoms with Gasteiger partial charge in [0.1, 0.15) is 24.7 Å². The van der Waals surface area contributed by atoms with E-state index in [2.05, 4.69) is 6.92 Å². The molecular weight excluding hydrogens is 268 g/mol. The van der Waals surface area contributed by atoms with Crippen LogP contribution in [0.5, 0.6) is 11.5 Å². The first kappa shape index (κ1) is 14.9. The zero-order valence-electron chi connectivity index (χ0n) is 12.1. The number of rotatable bonds is 6. The van der Waals surface area contributed by atoms with Crippen molar-refractivity contribution in [2.45, 2.75) is 13.8 Å². The van der Waals surface area contributed by atoms with Gasteiger partial charge < -0.3 is 14.6 Å². The van der Waals surface area contributed by atoms with Crippen molar-refractivity contribution in [2.75, 3.05) is 13.2 Å². The summed E-state index contributed by atoms with van der Waals surface area (Å²) in [4.78, 5) is 10.7. The highest BCUT2D eigenvalue weighted by molar-refractivity contribution is 5.87. The first-order chi connectivity index (χ1) is 10.1. The summed E-state index contributed by atoms with van der Waals surface area (Å²) in [7, 11) is 0. The average Bonchev–Trinajstić information content (AvgIpc) is 2.47. The van der Waals surface area contributed by atoms with Gasteiger partial charge in [-0.25, -0.2) is 4.79 Å². The van der Waals surface area contributed by atoms with Gasteiger partial charge in [-0.3, -0.25) is 0 Å². The van der Waals surface area contributed by atoms with Gasteiger partial charge in [0.05, 0.1) is 5.56 Å². The third kappa shape index (κ3) is 4.24. The minimum absolute atomic E-state index is 0.244. The Labute approximate surface area is 123 Å². The molecule has 0 aliphatic carbocycles. The van der Waals surface area contributed by atoms with Crippen LogP contribution in [-0.2, 0) is 0 Å². The van der Waals surface area contributed by atoms with Crippen molar-refractivity contribution in [2.24, 2.45) is 0 Å². The molecule has 0 unspecified atom stereocenters. The minimum atomic E-state index is -0.945. The Bertz CT molecular complexity index is 617. The van der Waals surface area contributed by atoms with E-state index in [0.29, 0.717) is 19.0 Å². The number of aryl methyl sites for hydroxylation is 2. The number of hydrogen-bond donors (Lipinski definition) is 1. The van der Waals surface area contributed by atoms with Crippen LogP contribution >= 0.6 is 0 Å². The van der Waals surface area contributed by atoms with Crippen LogP contribution in [0.15, 0.2) is 42.5 Å². The van der Waals surface area contributed by atoms with Crippen LogP contribution in [0.3, 0.4) is 0 Å². The Morgan fingerprint density at radius 3 is 2.05 bits per heavy atom. The summed E-state index contributed by atoms with van der Waals surface area (Å²) in [6, 6.07) is 12.3. The monoisotopic (exact) mass is 286 g/mol. The van der Waals surface area contributed by atoms with Crippen molar-refractivity contribution < 1.29 is 19.4 Å².